The van der Waals surface area contributed by atoms with Crippen molar-refractivity contribution in [2.24, 2.45) is 0 Å². The Labute approximate surface area is 149 Å². The highest BCUT2D eigenvalue weighted by Crippen LogP contribution is 2.34. The molecule has 1 unspecified atom stereocenters. The Morgan fingerprint density at radius 2 is 2.12 bits per heavy atom. The van der Waals surface area contributed by atoms with Gasteiger partial charge >= 0.3 is 0 Å². The van der Waals surface area contributed by atoms with Gasteiger partial charge in [-0.15, -0.1) is 11.3 Å². The first kappa shape index (κ1) is 15.8. The summed E-state index contributed by atoms with van der Waals surface area (Å²) in [7, 11) is 2.00. The largest absolute Gasteiger partial charge is 0.336 e. The number of likely N-dealkylation sites (tertiary alicyclic amines) is 1. The fourth-order valence-electron chi connectivity index (χ4n) is 3.63. The van der Waals surface area contributed by atoms with Crippen LogP contribution in [-0.2, 0) is 4.79 Å². The molecule has 24 heavy (non-hydrogen) atoms. The van der Waals surface area contributed by atoms with Crippen molar-refractivity contribution in [2.75, 3.05) is 38.1 Å². The van der Waals surface area contributed by atoms with Gasteiger partial charge in [0.25, 0.3) is 5.91 Å². The van der Waals surface area contributed by atoms with E-state index in [4.69, 9.17) is 0 Å². The highest BCUT2D eigenvalue weighted by Gasteiger charge is 2.48. The van der Waals surface area contributed by atoms with Gasteiger partial charge in [-0.2, -0.15) is 11.3 Å². The smallest absolute Gasteiger partial charge is 0.263 e. The molecular formula is C17H19N3O2S2. The van der Waals surface area contributed by atoms with Crippen LogP contribution in [0.1, 0.15) is 16.1 Å². The summed E-state index contributed by atoms with van der Waals surface area (Å²) in [5.74, 6) is 0.235. The van der Waals surface area contributed by atoms with Gasteiger partial charge in [-0.05, 0) is 36.4 Å². The number of likely N-dealkylation sites (N-methyl/N-ethyl adjacent to an activating group) is 1. The molecule has 2 aliphatic heterocycles. The Bertz CT molecular complexity index is 744. The summed E-state index contributed by atoms with van der Waals surface area (Å²) in [5, 5.41) is 5.94. The lowest BCUT2D eigenvalue weighted by Gasteiger charge is -2.46. The molecule has 5 nitrogen and oxygen atoms in total. The van der Waals surface area contributed by atoms with Gasteiger partial charge in [0, 0.05) is 25.0 Å². The van der Waals surface area contributed by atoms with Gasteiger partial charge < -0.3 is 9.80 Å². The van der Waals surface area contributed by atoms with Crippen molar-refractivity contribution >= 4 is 40.2 Å². The van der Waals surface area contributed by atoms with Gasteiger partial charge in [0.05, 0.1) is 22.6 Å². The quantitative estimate of drug-likeness (QED) is 0.825. The maximum atomic E-state index is 12.7. The fraction of sp³-hybridized carbons (Fsp3) is 0.412. The molecule has 2 saturated heterocycles. The second-order valence-electron chi connectivity index (χ2n) is 6.50. The predicted octanol–water partition coefficient (Wildman–Crippen LogP) is 2.37. The molecule has 4 heterocycles. The standard InChI is InChI=1S/C17H19N3O2S2/c1-18-9-15(21)20(13-4-8-23-10-13)12-17(18)5-6-19(11-17)16(22)14-3-2-7-24-14/h2-4,7-8,10H,5-6,9,11-12H2,1H3. The average Bonchev–Trinajstić information content (AvgIpc) is 3.32. The van der Waals surface area contributed by atoms with Crippen LogP contribution in [-0.4, -0.2) is 60.4 Å². The van der Waals surface area contributed by atoms with Gasteiger partial charge in [0.2, 0.25) is 5.91 Å². The van der Waals surface area contributed by atoms with Crippen LogP contribution in [0.3, 0.4) is 0 Å². The Morgan fingerprint density at radius 3 is 2.83 bits per heavy atom. The van der Waals surface area contributed by atoms with Gasteiger partial charge in [-0.25, -0.2) is 0 Å². The summed E-state index contributed by atoms with van der Waals surface area (Å²) in [6.45, 7) is 2.46. The fourth-order valence-corrected chi connectivity index (χ4v) is 4.96. The first-order valence-electron chi connectivity index (χ1n) is 7.96. The van der Waals surface area contributed by atoms with E-state index < -0.39 is 0 Å². The molecule has 0 saturated carbocycles. The molecule has 0 bridgehead atoms. The molecule has 2 fully saturated rings. The molecule has 7 heteroatoms. The second kappa shape index (κ2) is 5.98. The minimum atomic E-state index is -0.150. The maximum Gasteiger partial charge on any atom is 0.263 e. The molecular weight excluding hydrogens is 342 g/mol. The average molecular weight is 361 g/mol. The Kier molecular flexibility index (Phi) is 3.94. The minimum absolute atomic E-state index is 0.106. The van der Waals surface area contributed by atoms with Gasteiger partial charge in [0.1, 0.15) is 0 Å². The molecule has 0 aliphatic carbocycles. The molecule has 2 aromatic rings. The van der Waals surface area contributed by atoms with Crippen LogP contribution in [0.25, 0.3) is 0 Å². The molecule has 4 rings (SSSR count). The Balaban J connectivity index is 1.56. The number of carbonyl (C=O) groups is 2. The van der Waals surface area contributed by atoms with Gasteiger partial charge in [0.15, 0.2) is 0 Å². The Hall–Kier alpha value is -1.70. The van der Waals surface area contributed by atoms with Crippen molar-refractivity contribution in [3.05, 3.63) is 39.2 Å². The minimum Gasteiger partial charge on any atom is -0.336 e. The van der Waals surface area contributed by atoms with Crippen LogP contribution >= 0.6 is 22.7 Å². The molecule has 126 valence electrons. The monoisotopic (exact) mass is 361 g/mol. The zero-order valence-corrected chi connectivity index (χ0v) is 15.1. The number of thiophene rings is 2. The lowest BCUT2D eigenvalue weighted by Crippen LogP contribution is -2.64. The maximum absolute atomic E-state index is 12.7. The van der Waals surface area contributed by atoms with E-state index in [-0.39, 0.29) is 17.4 Å². The van der Waals surface area contributed by atoms with E-state index in [1.807, 2.05) is 51.2 Å². The first-order chi connectivity index (χ1) is 11.6. The number of carbonyl (C=O) groups excluding carboxylic acids is 2. The van der Waals surface area contributed by atoms with Crippen LogP contribution < -0.4 is 4.90 Å². The summed E-state index contributed by atoms with van der Waals surface area (Å²) in [6.07, 6.45) is 0.897. The third-order valence-corrected chi connectivity index (χ3v) is 6.63. The van der Waals surface area contributed by atoms with Crippen LogP contribution in [0.2, 0.25) is 0 Å². The van der Waals surface area contributed by atoms with Crippen molar-refractivity contribution in [1.29, 1.82) is 0 Å². The van der Waals surface area contributed by atoms with E-state index in [2.05, 4.69) is 4.90 Å². The van der Waals surface area contributed by atoms with E-state index in [0.29, 0.717) is 19.6 Å². The molecule has 2 aromatic heterocycles. The molecule has 0 aromatic carbocycles. The summed E-state index contributed by atoms with van der Waals surface area (Å²) >= 11 is 3.08. The highest BCUT2D eigenvalue weighted by molar-refractivity contribution is 7.12. The number of anilines is 1. The molecule has 1 spiro atoms. The van der Waals surface area contributed by atoms with E-state index in [1.165, 1.54) is 11.3 Å². The van der Waals surface area contributed by atoms with E-state index in [9.17, 15) is 9.59 Å². The number of hydrogen-bond donors (Lipinski definition) is 0. The van der Waals surface area contributed by atoms with Crippen molar-refractivity contribution in [2.45, 2.75) is 12.0 Å². The molecule has 0 radical (unpaired) electrons. The zero-order valence-electron chi connectivity index (χ0n) is 13.5. The topological polar surface area (TPSA) is 43.9 Å². The van der Waals surface area contributed by atoms with E-state index >= 15 is 0 Å². The van der Waals surface area contributed by atoms with Gasteiger partial charge in [-0.1, -0.05) is 6.07 Å². The van der Waals surface area contributed by atoms with Crippen LogP contribution in [0.5, 0.6) is 0 Å². The molecule has 1 atom stereocenters. The van der Waals surface area contributed by atoms with Crippen LogP contribution in [0, 0.1) is 0 Å². The lowest BCUT2D eigenvalue weighted by atomic mass is 9.93. The molecule has 0 N–H and O–H groups in total. The van der Waals surface area contributed by atoms with Gasteiger partial charge in [-0.3, -0.25) is 14.5 Å². The number of nitrogens with zero attached hydrogens (tertiary/aromatic N) is 3. The number of rotatable bonds is 2. The summed E-state index contributed by atoms with van der Waals surface area (Å²) in [4.78, 5) is 31.9. The van der Waals surface area contributed by atoms with Crippen LogP contribution in [0.4, 0.5) is 5.69 Å². The SMILES string of the molecule is CN1CC(=O)N(c2ccsc2)CC12CCN(C(=O)c1cccs1)C2. The van der Waals surface area contributed by atoms with Crippen molar-refractivity contribution in [3.8, 4) is 0 Å². The van der Waals surface area contributed by atoms with E-state index in [1.54, 1.807) is 11.3 Å². The zero-order chi connectivity index (χ0) is 16.7. The third kappa shape index (κ3) is 2.56. The second-order valence-corrected chi connectivity index (χ2v) is 8.22. The highest BCUT2D eigenvalue weighted by atomic mass is 32.1. The van der Waals surface area contributed by atoms with E-state index in [0.717, 1.165) is 23.5 Å². The summed E-state index contributed by atoms with van der Waals surface area (Å²) in [6, 6.07) is 5.78. The Morgan fingerprint density at radius 1 is 1.25 bits per heavy atom. The predicted molar refractivity (Wildman–Crippen MR) is 96.9 cm³/mol. The molecule has 2 aliphatic rings. The number of piperazine rings is 1. The lowest BCUT2D eigenvalue weighted by molar-refractivity contribution is -0.123. The van der Waals surface area contributed by atoms with Crippen LogP contribution in [0.15, 0.2) is 34.3 Å². The first-order valence-corrected chi connectivity index (χ1v) is 9.78. The normalized spacial score (nSPS) is 25.0. The third-order valence-electron chi connectivity index (χ3n) is 5.10. The summed E-state index contributed by atoms with van der Waals surface area (Å²) in [5.41, 5.74) is 0.823. The number of amides is 2. The van der Waals surface area contributed by atoms with Crippen molar-refractivity contribution < 1.29 is 9.59 Å². The molecule has 2 amide bonds. The van der Waals surface area contributed by atoms with Crippen molar-refractivity contribution in [1.82, 2.24) is 9.80 Å². The number of hydrogen-bond acceptors (Lipinski definition) is 5. The van der Waals surface area contributed by atoms with Crippen molar-refractivity contribution in [3.63, 3.8) is 0 Å². The summed E-state index contributed by atoms with van der Waals surface area (Å²) < 4.78 is 0.